The molecule has 0 amide bonds. The second-order valence-corrected chi connectivity index (χ2v) is 11.5. The largest absolute Gasteiger partial charge is 0.493 e. The van der Waals surface area contributed by atoms with Crippen LogP contribution in [0.5, 0.6) is 0 Å². The molecule has 0 aliphatic carbocycles. The molecular weight excluding hydrogens is 576 g/mol. The van der Waals surface area contributed by atoms with Crippen molar-refractivity contribution < 1.29 is 23.8 Å². The van der Waals surface area contributed by atoms with Crippen LogP contribution in [0, 0.1) is 43.1 Å². The normalized spacial score (nSPS) is 13.8. The Morgan fingerprint density at radius 1 is 0.955 bits per heavy atom. The molecule has 0 unspecified atom stereocenters. The molecule has 1 aliphatic heterocycles. The highest BCUT2D eigenvalue weighted by Crippen LogP contribution is 2.42. The van der Waals surface area contributed by atoms with Gasteiger partial charge in [-0.3, -0.25) is 9.59 Å². The fraction of sp³-hybridized carbons (Fsp3) is 0.324. The Morgan fingerprint density at radius 3 is 1.95 bits per heavy atom. The van der Waals surface area contributed by atoms with Crippen molar-refractivity contribution in [1.82, 2.24) is 0 Å². The molecule has 2 heterocycles. The van der Waals surface area contributed by atoms with Gasteiger partial charge in [0.05, 0.1) is 19.7 Å². The van der Waals surface area contributed by atoms with Crippen LogP contribution >= 0.6 is 11.3 Å². The van der Waals surface area contributed by atoms with Gasteiger partial charge in [0.2, 0.25) is 5.70 Å². The lowest BCUT2D eigenvalue weighted by atomic mass is 9.97. The van der Waals surface area contributed by atoms with E-state index in [1.165, 1.54) is 13.8 Å². The minimum Gasteiger partial charge on any atom is -0.493 e. The SMILES string of the molecule is [C-]#[N+]C1=C(/C=C/c2sc(/C=C/c3ccc(N(CCOC(C)=O)CCOC(C)=O)cc3)c(C)c2C)C(C)(C)OC1=C(C#N)C#N. The zero-order valence-corrected chi connectivity index (χ0v) is 26.5. The summed E-state index contributed by atoms with van der Waals surface area (Å²) in [7, 11) is 0. The van der Waals surface area contributed by atoms with Gasteiger partial charge in [-0.1, -0.05) is 24.3 Å². The molecule has 0 saturated carbocycles. The van der Waals surface area contributed by atoms with Crippen molar-refractivity contribution in [3.63, 3.8) is 0 Å². The summed E-state index contributed by atoms with van der Waals surface area (Å²) in [6.45, 7) is 19.5. The van der Waals surface area contributed by atoms with Crippen LogP contribution in [0.3, 0.4) is 0 Å². The maximum absolute atomic E-state index is 11.2. The molecule has 0 bridgehead atoms. The number of esters is 2. The van der Waals surface area contributed by atoms with Crippen molar-refractivity contribution >= 4 is 47.2 Å². The molecule has 226 valence electrons. The molecular formula is C34H34N4O5S. The maximum atomic E-state index is 11.2. The Kier molecular flexibility index (Phi) is 11.3. The standard InChI is InChI=1S/C34H34N4O5S/c1-22-23(2)31(15-13-29-32(37-7)33(27(20-35)21-36)43-34(29,5)6)44-30(22)14-10-26-8-11-28(12-9-26)38(16-18-41-24(3)39)17-19-42-25(4)40/h8-15H,16-19H2,1-6H3/b14-10+,15-13+. The van der Waals surface area contributed by atoms with Crippen molar-refractivity contribution in [2.45, 2.75) is 47.1 Å². The van der Waals surface area contributed by atoms with E-state index in [2.05, 4.69) is 17.8 Å². The average Bonchev–Trinajstić information content (AvgIpc) is 3.40. The Bertz CT molecular complexity index is 1640. The highest BCUT2D eigenvalue weighted by atomic mass is 32.1. The highest BCUT2D eigenvalue weighted by molar-refractivity contribution is 7.14. The van der Waals surface area contributed by atoms with Gasteiger partial charge >= 0.3 is 11.9 Å². The number of hydrogen-bond acceptors (Lipinski definition) is 9. The van der Waals surface area contributed by atoms with Crippen molar-refractivity contribution in [2.24, 2.45) is 0 Å². The topological polar surface area (TPSA) is 117 Å². The van der Waals surface area contributed by atoms with Crippen LogP contribution in [0.15, 0.2) is 52.9 Å². The van der Waals surface area contributed by atoms with Crippen molar-refractivity contribution in [1.29, 1.82) is 10.5 Å². The number of carbonyl (C=O) groups is 2. The van der Waals surface area contributed by atoms with Crippen LogP contribution in [-0.4, -0.2) is 43.8 Å². The predicted octanol–water partition coefficient (Wildman–Crippen LogP) is 6.76. The molecule has 0 spiro atoms. The summed E-state index contributed by atoms with van der Waals surface area (Å²) in [6, 6.07) is 11.6. The van der Waals surface area contributed by atoms with E-state index in [1.807, 2.05) is 80.3 Å². The first-order chi connectivity index (χ1) is 20.9. The first kappa shape index (κ1) is 33.4. The van der Waals surface area contributed by atoms with E-state index < -0.39 is 5.60 Å². The van der Waals surface area contributed by atoms with Gasteiger partial charge in [-0.05, 0) is 68.7 Å². The molecule has 0 radical (unpaired) electrons. The minimum absolute atomic E-state index is 0.0280. The predicted molar refractivity (Wildman–Crippen MR) is 171 cm³/mol. The van der Waals surface area contributed by atoms with E-state index in [0.717, 1.165) is 32.1 Å². The Morgan fingerprint density at radius 2 is 1.48 bits per heavy atom. The molecule has 0 N–H and O–H groups in total. The van der Waals surface area contributed by atoms with Crippen molar-refractivity contribution in [3.05, 3.63) is 90.8 Å². The number of benzene rings is 1. The molecule has 2 aromatic rings. The summed E-state index contributed by atoms with van der Waals surface area (Å²) in [5.74, 6) is -0.665. The number of nitrogens with zero attached hydrogens (tertiary/aromatic N) is 4. The second kappa shape index (κ2) is 14.9. The van der Waals surface area contributed by atoms with Crippen molar-refractivity contribution in [3.8, 4) is 12.1 Å². The Labute approximate surface area is 262 Å². The fourth-order valence-electron chi connectivity index (χ4n) is 4.51. The smallest absolute Gasteiger partial charge is 0.302 e. The number of thiophene rings is 1. The molecule has 44 heavy (non-hydrogen) atoms. The number of anilines is 1. The van der Waals surface area contributed by atoms with Crippen LogP contribution in [0.2, 0.25) is 0 Å². The summed E-state index contributed by atoms with van der Waals surface area (Å²) in [6.07, 6.45) is 7.89. The monoisotopic (exact) mass is 610 g/mol. The highest BCUT2D eigenvalue weighted by Gasteiger charge is 2.38. The zero-order valence-electron chi connectivity index (χ0n) is 25.7. The summed E-state index contributed by atoms with van der Waals surface area (Å²) >= 11 is 1.62. The van der Waals surface area contributed by atoms with E-state index in [1.54, 1.807) is 11.3 Å². The number of rotatable bonds is 11. The van der Waals surface area contributed by atoms with E-state index >= 15 is 0 Å². The summed E-state index contributed by atoms with van der Waals surface area (Å²) in [5, 5.41) is 18.6. The first-order valence-electron chi connectivity index (χ1n) is 13.9. The third kappa shape index (κ3) is 8.25. The van der Waals surface area contributed by atoms with Crippen LogP contribution in [0.4, 0.5) is 5.69 Å². The summed E-state index contributed by atoms with van der Waals surface area (Å²) in [4.78, 5) is 30.1. The van der Waals surface area contributed by atoms with Crippen LogP contribution < -0.4 is 4.90 Å². The summed E-state index contributed by atoms with van der Waals surface area (Å²) < 4.78 is 16.1. The van der Waals surface area contributed by atoms with Gasteiger partial charge in [0.1, 0.15) is 31.0 Å². The number of hydrogen-bond donors (Lipinski definition) is 0. The molecule has 1 aromatic carbocycles. The van der Waals surface area contributed by atoms with E-state index in [-0.39, 0.29) is 42.2 Å². The van der Waals surface area contributed by atoms with Crippen LogP contribution in [0.1, 0.15) is 54.1 Å². The van der Waals surface area contributed by atoms with Crippen molar-refractivity contribution in [2.75, 3.05) is 31.2 Å². The summed E-state index contributed by atoms with van der Waals surface area (Å²) in [5.41, 5.74) is 3.88. The maximum Gasteiger partial charge on any atom is 0.302 e. The molecule has 0 atom stereocenters. The number of allylic oxidation sites excluding steroid dienone is 1. The Hall–Kier alpha value is -5.11. The molecule has 1 aromatic heterocycles. The van der Waals surface area contributed by atoms with Gasteiger partial charge in [0, 0.05) is 34.9 Å². The van der Waals surface area contributed by atoms with Gasteiger partial charge in [-0.2, -0.15) is 10.5 Å². The second-order valence-electron chi connectivity index (χ2n) is 10.4. The average molecular weight is 611 g/mol. The fourth-order valence-corrected chi connectivity index (χ4v) is 5.63. The van der Waals surface area contributed by atoms with Crippen LogP contribution in [-0.2, 0) is 23.8 Å². The Balaban J connectivity index is 1.81. The molecule has 1 aliphatic rings. The molecule has 9 nitrogen and oxygen atoms in total. The lowest BCUT2D eigenvalue weighted by Gasteiger charge is -2.24. The molecule has 3 rings (SSSR count). The first-order valence-corrected chi connectivity index (χ1v) is 14.7. The van der Waals surface area contributed by atoms with Gasteiger partial charge in [0.15, 0.2) is 11.3 Å². The quantitative estimate of drug-likeness (QED) is 0.156. The van der Waals surface area contributed by atoms with Gasteiger partial charge in [-0.15, -0.1) is 11.3 Å². The van der Waals surface area contributed by atoms with Gasteiger partial charge < -0.3 is 19.1 Å². The minimum atomic E-state index is -0.865. The molecule has 0 saturated heterocycles. The van der Waals surface area contributed by atoms with Gasteiger partial charge in [-0.25, -0.2) is 4.85 Å². The lowest BCUT2D eigenvalue weighted by Crippen LogP contribution is -2.31. The number of nitriles is 2. The molecule has 10 heteroatoms. The van der Waals surface area contributed by atoms with Crippen LogP contribution in [0.25, 0.3) is 23.1 Å². The lowest BCUT2D eigenvalue weighted by molar-refractivity contribution is -0.141. The third-order valence-electron chi connectivity index (χ3n) is 6.98. The van der Waals surface area contributed by atoms with Gasteiger partial charge in [0.25, 0.3) is 0 Å². The van der Waals surface area contributed by atoms with E-state index in [9.17, 15) is 20.1 Å². The van der Waals surface area contributed by atoms with E-state index in [0.29, 0.717) is 18.7 Å². The number of carbonyl (C=O) groups excluding carboxylic acids is 2. The van der Waals surface area contributed by atoms with E-state index in [4.69, 9.17) is 20.8 Å². The third-order valence-corrected chi connectivity index (χ3v) is 8.30. The molecule has 0 fully saturated rings. The number of ether oxygens (including phenoxy) is 3. The zero-order chi connectivity index (χ0) is 32.4.